The third-order valence-corrected chi connectivity index (χ3v) is 4.93. The predicted octanol–water partition coefficient (Wildman–Crippen LogP) is 2.87. The van der Waals surface area contributed by atoms with Crippen molar-refractivity contribution >= 4 is 0 Å². The molecule has 4 N–H and O–H groups in total. The molecule has 0 aliphatic heterocycles. The average Bonchev–Trinajstić information content (AvgIpc) is 2.43. The fourth-order valence-electron chi connectivity index (χ4n) is 4.35. The zero-order valence-corrected chi connectivity index (χ0v) is 15.6. The van der Waals surface area contributed by atoms with Gasteiger partial charge in [-0.15, -0.1) is 0 Å². The molecular formula is C20H34N2O2. The third kappa shape index (κ3) is 5.76. The minimum atomic E-state index is -0.515. The fraction of sp³-hybridized carbons (Fsp3) is 0.700. The van der Waals surface area contributed by atoms with Crippen LogP contribution in [0.3, 0.4) is 0 Å². The van der Waals surface area contributed by atoms with Gasteiger partial charge in [0.1, 0.15) is 18.5 Å². The summed E-state index contributed by atoms with van der Waals surface area (Å²) in [5.74, 6) is 0.837. The fourth-order valence-corrected chi connectivity index (χ4v) is 4.35. The molecule has 0 bridgehead atoms. The second kappa shape index (κ2) is 7.85. The minimum absolute atomic E-state index is 0.192. The Morgan fingerprint density at radius 1 is 1.29 bits per heavy atom. The first kappa shape index (κ1) is 19.2. The monoisotopic (exact) mass is 334 g/mol. The number of para-hydroxylation sites is 1. The molecule has 4 heteroatoms. The first-order valence-corrected chi connectivity index (χ1v) is 9.02. The quantitative estimate of drug-likeness (QED) is 0.717. The molecule has 136 valence electrons. The lowest BCUT2D eigenvalue weighted by atomic mass is 9.63. The summed E-state index contributed by atoms with van der Waals surface area (Å²) in [7, 11) is 0. The molecule has 3 unspecified atom stereocenters. The molecule has 0 spiro atoms. The van der Waals surface area contributed by atoms with Gasteiger partial charge in [0.25, 0.3) is 0 Å². The highest BCUT2D eigenvalue weighted by molar-refractivity contribution is 5.31. The number of nitrogens with one attached hydrogen (secondary N) is 1. The Balaban J connectivity index is 1.74. The number of rotatable bonds is 7. The maximum absolute atomic E-state index is 10.2. The van der Waals surface area contributed by atoms with Crippen molar-refractivity contribution in [2.45, 2.75) is 59.1 Å². The number of benzene rings is 1. The van der Waals surface area contributed by atoms with Gasteiger partial charge in [-0.25, -0.2) is 0 Å². The molecule has 4 nitrogen and oxygen atoms in total. The van der Waals surface area contributed by atoms with Crippen molar-refractivity contribution in [1.29, 1.82) is 0 Å². The van der Waals surface area contributed by atoms with Gasteiger partial charge in [-0.1, -0.05) is 39.0 Å². The molecule has 24 heavy (non-hydrogen) atoms. The highest BCUT2D eigenvalue weighted by Crippen LogP contribution is 2.45. The van der Waals surface area contributed by atoms with Gasteiger partial charge in [0.15, 0.2) is 0 Å². The Morgan fingerprint density at radius 2 is 2.00 bits per heavy atom. The molecule has 0 saturated heterocycles. The standard InChI is InChI=1S/C20H34N2O2/c1-15-7-5-6-8-18(15)24-12-17(23)11-22-14-20(4)10-16(21)9-19(2,3)13-20/h5-8,16-17,22-23H,9-14,21H2,1-4H3. The Labute approximate surface area is 146 Å². The van der Waals surface area contributed by atoms with Crippen LogP contribution in [0.5, 0.6) is 5.75 Å². The summed E-state index contributed by atoms with van der Waals surface area (Å²) in [4.78, 5) is 0. The lowest BCUT2D eigenvalue weighted by Gasteiger charge is -2.46. The van der Waals surface area contributed by atoms with Gasteiger partial charge in [-0.2, -0.15) is 0 Å². The Hall–Kier alpha value is -1.10. The van der Waals surface area contributed by atoms with Crippen molar-refractivity contribution in [3.8, 4) is 5.75 Å². The number of aliphatic hydroxyl groups excluding tert-OH is 1. The van der Waals surface area contributed by atoms with E-state index in [4.69, 9.17) is 10.5 Å². The van der Waals surface area contributed by atoms with Crippen LogP contribution in [0.2, 0.25) is 0 Å². The van der Waals surface area contributed by atoms with Crippen LogP contribution in [0.4, 0.5) is 0 Å². The molecule has 2 rings (SSSR count). The molecule has 1 aromatic rings. The van der Waals surface area contributed by atoms with Gasteiger partial charge in [0.2, 0.25) is 0 Å². The van der Waals surface area contributed by atoms with Crippen molar-refractivity contribution in [1.82, 2.24) is 5.32 Å². The molecule has 0 amide bonds. The number of nitrogens with two attached hydrogens (primary N) is 1. The minimum Gasteiger partial charge on any atom is -0.491 e. The highest BCUT2D eigenvalue weighted by Gasteiger charge is 2.39. The largest absolute Gasteiger partial charge is 0.491 e. The van der Waals surface area contributed by atoms with Gasteiger partial charge >= 0.3 is 0 Å². The van der Waals surface area contributed by atoms with Crippen LogP contribution in [0.1, 0.15) is 45.6 Å². The summed E-state index contributed by atoms with van der Waals surface area (Å²) >= 11 is 0. The molecule has 1 fully saturated rings. The van der Waals surface area contributed by atoms with Crippen LogP contribution in [0.25, 0.3) is 0 Å². The SMILES string of the molecule is Cc1ccccc1OCC(O)CNCC1(C)CC(N)CC(C)(C)C1. The van der Waals surface area contributed by atoms with Gasteiger partial charge in [-0.3, -0.25) is 0 Å². The van der Waals surface area contributed by atoms with Crippen molar-refractivity contribution < 1.29 is 9.84 Å². The Morgan fingerprint density at radius 3 is 2.67 bits per heavy atom. The molecule has 0 radical (unpaired) electrons. The van der Waals surface area contributed by atoms with E-state index in [0.29, 0.717) is 18.6 Å². The lowest BCUT2D eigenvalue weighted by molar-refractivity contribution is 0.0708. The molecule has 0 heterocycles. The maximum Gasteiger partial charge on any atom is 0.122 e. The number of aryl methyl sites for hydroxylation is 1. The second-order valence-electron chi connectivity index (χ2n) is 8.68. The van der Waals surface area contributed by atoms with E-state index in [0.717, 1.165) is 37.1 Å². The molecule has 1 aliphatic carbocycles. The van der Waals surface area contributed by atoms with Crippen LogP contribution in [-0.2, 0) is 0 Å². The van der Waals surface area contributed by atoms with Crippen molar-refractivity contribution in [2.24, 2.45) is 16.6 Å². The number of hydrogen-bond donors (Lipinski definition) is 3. The molecule has 1 aliphatic rings. The zero-order valence-electron chi connectivity index (χ0n) is 15.6. The van der Waals surface area contributed by atoms with Crippen LogP contribution in [-0.4, -0.2) is 36.9 Å². The van der Waals surface area contributed by atoms with E-state index in [1.165, 1.54) is 0 Å². The van der Waals surface area contributed by atoms with Crippen LogP contribution < -0.4 is 15.8 Å². The molecular weight excluding hydrogens is 300 g/mol. The normalized spacial score (nSPS) is 27.7. The van der Waals surface area contributed by atoms with Gasteiger partial charge in [-0.05, 0) is 48.6 Å². The highest BCUT2D eigenvalue weighted by atomic mass is 16.5. The topological polar surface area (TPSA) is 67.5 Å². The smallest absolute Gasteiger partial charge is 0.122 e. The number of hydrogen-bond acceptors (Lipinski definition) is 4. The van der Waals surface area contributed by atoms with E-state index in [-0.39, 0.29) is 11.5 Å². The van der Waals surface area contributed by atoms with E-state index in [9.17, 15) is 5.11 Å². The van der Waals surface area contributed by atoms with Crippen molar-refractivity contribution in [3.05, 3.63) is 29.8 Å². The molecule has 3 atom stereocenters. The molecule has 1 saturated carbocycles. The van der Waals surface area contributed by atoms with Crippen LogP contribution in [0, 0.1) is 17.8 Å². The summed E-state index contributed by atoms with van der Waals surface area (Å²) in [6, 6.07) is 8.14. The maximum atomic E-state index is 10.2. The number of aliphatic hydroxyl groups is 1. The van der Waals surface area contributed by atoms with Gasteiger partial charge < -0.3 is 20.9 Å². The average molecular weight is 335 g/mol. The Bertz CT molecular complexity index is 532. The van der Waals surface area contributed by atoms with Crippen LogP contribution >= 0.6 is 0 Å². The number of ether oxygens (including phenoxy) is 1. The summed E-state index contributed by atoms with van der Waals surface area (Å²) in [5.41, 5.74) is 7.82. The summed E-state index contributed by atoms with van der Waals surface area (Å²) < 4.78 is 5.71. The van der Waals surface area contributed by atoms with Gasteiger partial charge in [0, 0.05) is 19.1 Å². The third-order valence-electron chi connectivity index (χ3n) is 4.93. The van der Waals surface area contributed by atoms with Crippen LogP contribution in [0.15, 0.2) is 24.3 Å². The van der Waals surface area contributed by atoms with Crippen molar-refractivity contribution in [2.75, 3.05) is 19.7 Å². The van der Waals surface area contributed by atoms with E-state index in [1.807, 2.05) is 31.2 Å². The predicted molar refractivity (Wildman–Crippen MR) is 99.3 cm³/mol. The van der Waals surface area contributed by atoms with Gasteiger partial charge in [0.05, 0.1) is 0 Å². The zero-order chi connectivity index (χ0) is 17.8. The molecule has 1 aromatic carbocycles. The van der Waals surface area contributed by atoms with E-state index in [1.54, 1.807) is 0 Å². The van der Waals surface area contributed by atoms with E-state index in [2.05, 4.69) is 26.1 Å². The second-order valence-corrected chi connectivity index (χ2v) is 8.68. The first-order chi connectivity index (χ1) is 11.2. The molecule has 0 aromatic heterocycles. The first-order valence-electron chi connectivity index (χ1n) is 9.02. The van der Waals surface area contributed by atoms with E-state index < -0.39 is 6.10 Å². The summed E-state index contributed by atoms with van der Waals surface area (Å²) in [5, 5.41) is 13.6. The summed E-state index contributed by atoms with van der Waals surface area (Å²) in [6.07, 6.45) is 2.78. The Kier molecular flexibility index (Phi) is 6.29. The van der Waals surface area contributed by atoms with E-state index >= 15 is 0 Å². The lowest BCUT2D eigenvalue weighted by Crippen LogP contribution is -2.47. The summed E-state index contributed by atoms with van der Waals surface area (Å²) in [6.45, 7) is 10.6. The van der Waals surface area contributed by atoms with Crippen molar-refractivity contribution in [3.63, 3.8) is 0 Å².